The van der Waals surface area contributed by atoms with Gasteiger partial charge in [-0.1, -0.05) is 44.8 Å². The summed E-state index contributed by atoms with van der Waals surface area (Å²) in [7, 11) is 3.83. The van der Waals surface area contributed by atoms with Crippen molar-refractivity contribution in [1.29, 1.82) is 0 Å². The quantitative estimate of drug-likeness (QED) is 0.641. The summed E-state index contributed by atoms with van der Waals surface area (Å²) in [6.45, 7) is 2.23. The van der Waals surface area contributed by atoms with E-state index in [-0.39, 0.29) is 0 Å². The summed E-state index contributed by atoms with van der Waals surface area (Å²) in [6.07, 6.45) is 7.31. The first-order valence-electron chi connectivity index (χ1n) is 7.20. The Morgan fingerprint density at radius 2 is 1.75 bits per heavy atom. The van der Waals surface area contributed by atoms with E-state index < -0.39 is 0 Å². The number of nitrogens with one attached hydrogen (secondary N) is 1. The molecule has 0 aromatic carbocycles. The van der Waals surface area contributed by atoms with Crippen molar-refractivity contribution in [3.8, 4) is 0 Å². The number of unbranched alkanes of at least 4 members (excludes halogenated alkanes) is 4. The average Bonchev–Trinajstić information content (AvgIpc) is 2.87. The molecule has 0 amide bonds. The first kappa shape index (κ1) is 15.4. The Labute approximate surface area is 129 Å². The summed E-state index contributed by atoms with van der Waals surface area (Å²) in [4.78, 5) is 8.01. The molecular formula is C14H22N4S2. The van der Waals surface area contributed by atoms with Crippen LogP contribution in [0.3, 0.4) is 0 Å². The smallest absolute Gasteiger partial charge is 0.182 e. The van der Waals surface area contributed by atoms with Crippen molar-refractivity contribution in [2.45, 2.75) is 45.4 Å². The van der Waals surface area contributed by atoms with E-state index >= 15 is 0 Å². The molecule has 1 N–H and O–H groups in total. The maximum Gasteiger partial charge on any atom is 0.182 e. The van der Waals surface area contributed by atoms with Gasteiger partial charge in [-0.3, -0.25) is 0 Å². The SMILES string of the molecule is CCCCCCCc1nc2c([nH]1)c(=S)n(C)c(=S)n2C. The van der Waals surface area contributed by atoms with Gasteiger partial charge >= 0.3 is 0 Å². The molecule has 0 saturated carbocycles. The molecule has 0 atom stereocenters. The van der Waals surface area contributed by atoms with Gasteiger partial charge in [0.1, 0.15) is 16.0 Å². The minimum Gasteiger partial charge on any atom is -0.338 e. The zero-order chi connectivity index (χ0) is 14.7. The zero-order valence-electron chi connectivity index (χ0n) is 12.4. The predicted molar refractivity (Wildman–Crippen MR) is 88.2 cm³/mol. The van der Waals surface area contributed by atoms with Crippen LogP contribution in [0, 0.1) is 9.41 Å². The maximum absolute atomic E-state index is 5.44. The topological polar surface area (TPSA) is 38.5 Å². The van der Waals surface area contributed by atoms with Crippen LogP contribution in [0.15, 0.2) is 0 Å². The second-order valence-electron chi connectivity index (χ2n) is 5.25. The number of aromatic nitrogens is 4. The van der Waals surface area contributed by atoms with Gasteiger partial charge in [-0.05, 0) is 18.6 Å². The average molecular weight is 310 g/mol. The highest BCUT2D eigenvalue weighted by atomic mass is 32.1. The van der Waals surface area contributed by atoms with E-state index in [1.807, 2.05) is 23.2 Å². The molecule has 0 aliphatic carbocycles. The van der Waals surface area contributed by atoms with Crippen molar-refractivity contribution >= 4 is 35.6 Å². The summed E-state index contributed by atoms with van der Waals surface area (Å²) in [5.41, 5.74) is 1.78. The van der Waals surface area contributed by atoms with Crippen molar-refractivity contribution in [3.05, 3.63) is 15.2 Å². The van der Waals surface area contributed by atoms with Crippen LogP contribution in [-0.2, 0) is 20.5 Å². The first-order chi connectivity index (χ1) is 9.56. The summed E-state index contributed by atoms with van der Waals surface area (Å²) in [5, 5.41) is 0. The lowest BCUT2D eigenvalue weighted by Crippen LogP contribution is -2.05. The van der Waals surface area contributed by atoms with Crippen molar-refractivity contribution < 1.29 is 0 Å². The van der Waals surface area contributed by atoms with E-state index in [2.05, 4.69) is 16.9 Å². The van der Waals surface area contributed by atoms with E-state index in [0.717, 1.165) is 28.0 Å². The molecule has 0 spiro atoms. The molecule has 20 heavy (non-hydrogen) atoms. The Kier molecular flexibility index (Phi) is 5.10. The molecule has 2 aromatic heterocycles. The van der Waals surface area contributed by atoms with Crippen LogP contribution in [0.2, 0.25) is 0 Å². The molecule has 110 valence electrons. The fraction of sp³-hybridized carbons (Fsp3) is 0.643. The molecule has 0 radical (unpaired) electrons. The van der Waals surface area contributed by atoms with Crippen molar-refractivity contribution in [2.75, 3.05) is 0 Å². The fourth-order valence-electron chi connectivity index (χ4n) is 2.39. The van der Waals surface area contributed by atoms with E-state index in [1.165, 1.54) is 32.1 Å². The third-order valence-electron chi connectivity index (χ3n) is 3.66. The number of hydrogen-bond acceptors (Lipinski definition) is 3. The van der Waals surface area contributed by atoms with E-state index in [0.29, 0.717) is 4.77 Å². The van der Waals surface area contributed by atoms with Crippen LogP contribution in [0.4, 0.5) is 0 Å². The van der Waals surface area contributed by atoms with Crippen LogP contribution in [0.1, 0.15) is 44.9 Å². The fourth-order valence-corrected chi connectivity index (χ4v) is 2.85. The molecule has 0 bridgehead atoms. The van der Waals surface area contributed by atoms with Crippen molar-refractivity contribution in [1.82, 2.24) is 19.1 Å². The molecule has 2 aromatic rings. The van der Waals surface area contributed by atoms with Gasteiger partial charge in [0, 0.05) is 20.5 Å². The number of imidazole rings is 1. The minimum atomic E-state index is 0.698. The van der Waals surface area contributed by atoms with E-state index in [9.17, 15) is 0 Å². The number of hydrogen-bond donors (Lipinski definition) is 1. The number of rotatable bonds is 6. The second kappa shape index (κ2) is 6.63. The molecular weight excluding hydrogens is 288 g/mol. The van der Waals surface area contributed by atoms with Crippen LogP contribution in [-0.4, -0.2) is 19.1 Å². The molecule has 6 heteroatoms. The highest BCUT2D eigenvalue weighted by Gasteiger charge is 2.09. The molecule has 2 heterocycles. The highest BCUT2D eigenvalue weighted by molar-refractivity contribution is 7.72. The van der Waals surface area contributed by atoms with E-state index in [1.54, 1.807) is 0 Å². The lowest BCUT2D eigenvalue weighted by Gasteiger charge is -2.05. The second-order valence-corrected chi connectivity index (χ2v) is 6.00. The molecule has 0 aliphatic rings. The van der Waals surface area contributed by atoms with Crippen LogP contribution >= 0.6 is 24.4 Å². The normalized spacial score (nSPS) is 11.3. The van der Waals surface area contributed by atoms with Gasteiger partial charge in [0.05, 0.1) is 0 Å². The Hall–Kier alpha value is -1.01. The predicted octanol–water partition coefficient (Wildman–Crippen LogP) is 4.21. The third kappa shape index (κ3) is 3.01. The molecule has 0 saturated heterocycles. The van der Waals surface area contributed by atoms with Gasteiger partial charge in [-0.15, -0.1) is 0 Å². The number of fused-ring (bicyclic) bond motifs is 1. The number of nitrogens with zero attached hydrogens (tertiary/aromatic N) is 3. The van der Waals surface area contributed by atoms with Crippen LogP contribution in [0.5, 0.6) is 0 Å². The van der Waals surface area contributed by atoms with Gasteiger partial charge in [0.25, 0.3) is 0 Å². The maximum atomic E-state index is 5.44. The van der Waals surface area contributed by atoms with Crippen molar-refractivity contribution in [3.63, 3.8) is 0 Å². The Morgan fingerprint density at radius 1 is 1.05 bits per heavy atom. The van der Waals surface area contributed by atoms with Gasteiger partial charge in [-0.2, -0.15) is 0 Å². The van der Waals surface area contributed by atoms with Gasteiger partial charge in [-0.25, -0.2) is 4.98 Å². The summed E-state index contributed by atoms with van der Waals surface area (Å²) >= 11 is 10.8. The van der Waals surface area contributed by atoms with E-state index in [4.69, 9.17) is 24.4 Å². The van der Waals surface area contributed by atoms with Gasteiger partial charge in [0.2, 0.25) is 0 Å². The Balaban J connectivity index is 2.22. The Bertz CT molecular complexity index is 708. The molecule has 4 nitrogen and oxygen atoms in total. The highest BCUT2D eigenvalue weighted by Crippen LogP contribution is 2.15. The van der Waals surface area contributed by atoms with Gasteiger partial charge < -0.3 is 14.1 Å². The third-order valence-corrected chi connectivity index (χ3v) is 4.69. The van der Waals surface area contributed by atoms with Crippen molar-refractivity contribution in [2.24, 2.45) is 14.1 Å². The monoisotopic (exact) mass is 310 g/mol. The van der Waals surface area contributed by atoms with Gasteiger partial charge in [0.15, 0.2) is 10.4 Å². The first-order valence-corrected chi connectivity index (χ1v) is 8.02. The van der Waals surface area contributed by atoms with Crippen LogP contribution in [0.25, 0.3) is 11.2 Å². The summed E-state index contributed by atoms with van der Waals surface area (Å²) in [5.74, 6) is 1.01. The minimum absolute atomic E-state index is 0.698. The standard InChI is InChI=1S/C14H22N4S2/c1-4-5-6-7-8-9-10-15-11-12(16-10)17(2)14(20)18(3)13(11)19/h4-9H2,1-3H3,(H,15,16). The number of H-pyrrole nitrogens is 1. The largest absolute Gasteiger partial charge is 0.338 e. The van der Waals surface area contributed by atoms with Crippen LogP contribution < -0.4 is 0 Å². The lowest BCUT2D eigenvalue weighted by molar-refractivity contribution is 0.625. The molecule has 2 rings (SSSR count). The summed E-state index contributed by atoms with van der Waals surface area (Å²) in [6, 6.07) is 0. The number of aromatic amines is 1. The summed E-state index contributed by atoms with van der Waals surface area (Å²) < 4.78 is 5.18. The number of aryl methyl sites for hydroxylation is 2. The molecule has 0 fully saturated rings. The molecule has 0 aliphatic heterocycles. The Morgan fingerprint density at radius 3 is 2.45 bits per heavy atom. The lowest BCUT2D eigenvalue weighted by atomic mass is 10.1. The molecule has 0 unspecified atom stereocenters. The zero-order valence-corrected chi connectivity index (χ0v) is 14.0.